The zero-order valence-electron chi connectivity index (χ0n) is 25.1. The number of nitrogens with one attached hydrogen (secondary N) is 4. The van der Waals surface area contributed by atoms with E-state index in [9.17, 15) is 19.2 Å². The number of Topliss-reactive ketones (excluding diaryl/α,β-unsaturated/α-hetero) is 1. The quantitative estimate of drug-likeness (QED) is 0.140. The molecule has 5 rings (SSSR count). The number of benzene rings is 2. The number of thiazole rings is 1. The molecular weight excluding hydrogens is 788 g/mol. The largest absolute Gasteiger partial charge is 0.356 e. The summed E-state index contributed by atoms with van der Waals surface area (Å²) in [5, 5.41) is 9.45. The number of fused-ring (bicyclic) bond motifs is 2. The Balaban J connectivity index is 0. The number of amides is 3. The molecule has 0 radical (unpaired) electrons. The number of aromatic nitrogens is 2. The van der Waals surface area contributed by atoms with Crippen molar-refractivity contribution >= 4 is 56.0 Å². The number of nitrogens with zero attached hydrogens (tertiary/aromatic N) is 1. The molecule has 9 nitrogen and oxygen atoms in total. The smallest absolute Gasteiger partial charge is 0.268 e. The average Bonchev–Trinajstić information content (AvgIpc) is 3.71. The van der Waals surface area contributed by atoms with Crippen LogP contribution in [-0.4, -0.2) is 52.1 Å². The standard InChI is InChI=1S/C27H27N5O4S.C5H12.U.4H2/c1-14-6-5-8-18-17(14)13-21(30-18)26(36)29-15(2)24(34)31-20(12-16-10-11-28-25(16)35)23(33)27-32-19-7-3-4-9-22(19)37-27;1-3-5-4-2;;;;;/h3-9,13,15-16,20,30H,10-12H2,1-2H3,(H,28,35)(H,29,36)(H,31,34);3-5H2,1-2H3;;4*1H/t15-,16-,20-;;;;;;/m0....../s1. The van der Waals surface area contributed by atoms with Crippen molar-refractivity contribution in [2.45, 2.75) is 71.9 Å². The molecule has 3 atom stereocenters. The fraction of sp³-hybridized carbons (Fsp3) is 0.406. The van der Waals surface area contributed by atoms with Gasteiger partial charge in [0, 0.05) is 60.2 Å². The molecule has 1 aliphatic rings. The molecule has 3 heterocycles. The van der Waals surface area contributed by atoms with E-state index in [1.807, 2.05) is 49.4 Å². The van der Waals surface area contributed by atoms with Crippen molar-refractivity contribution in [2.24, 2.45) is 5.92 Å². The summed E-state index contributed by atoms with van der Waals surface area (Å²) < 4.78 is 0.865. The van der Waals surface area contributed by atoms with Gasteiger partial charge in [-0.1, -0.05) is 57.4 Å². The summed E-state index contributed by atoms with van der Waals surface area (Å²) in [5.74, 6) is -1.81. The van der Waals surface area contributed by atoms with E-state index in [1.54, 1.807) is 13.0 Å². The minimum atomic E-state index is -0.947. The van der Waals surface area contributed by atoms with E-state index in [0.29, 0.717) is 24.2 Å². The zero-order chi connectivity index (χ0) is 30.2. The van der Waals surface area contributed by atoms with Gasteiger partial charge in [-0.15, -0.1) is 11.3 Å². The van der Waals surface area contributed by atoms with Gasteiger partial charge < -0.3 is 20.9 Å². The number of hydrogen-bond donors (Lipinski definition) is 4. The van der Waals surface area contributed by atoms with Crippen molar-refractivity contribution in [3.63, 3.8) is 0 Å². The third kappa shape index (κ3) is 8.78. The Morgan fingerprint density at radius 3 is 2.47 bits per heavy atom. The van der Waals surface area contributed by atoms with Crippen molar-refractivity contribution < 1.29 is 56.0 Å². The number of aromatic amines is 1. The van der Waals surface area contributed by atoms with Crippen molar-refractivity contribution in [2.75, 3.05) is 6.54 Å². The van der Waals surface area contributed by atoms with Gasteiger partial charge in [0.1, 0.15) is 11.7 Å². The van der Waals surface area contributed by atoms with Crippen LogP contribution in [0.4, 0.5) is 0 Å². The number of carbonyl (C=O) groups is 4. The minimum absolute atomic E-state index is 0. The number of aryl methyl sites for hydroxylation is 1. The fourth-order valence-electron chi connectivity index (χ4n) is 4.93. The molecule has 0 bridgehead atoms. The average molecular weight is 836 g/mol. The Kier molecular flexibility index (Phi) is 13.0. The van der Waals surface area contributed by atoms with E-state index in [-0.39, 0.29) is 65.9 Å². The molecule has 0 saturated carbocycles. The Morgan fingerprint density at radius 1 is 1.09 bits per heavy atom. The molecule has 1 fully saturated rings. The molecule has 3 amide bonds. The van der Waals surface area contributed by atoms with Crippen molar-refractivity contribution in [1.82, 2.24) is 25.9 Å². The minimum Gasteiger partial charge on any atom is -0.356 e. The third-order valence-electron chi connectivity index (χ3n) is 7.40. The number of rotatable bonds is 10. The summed E-state index contributed by atoms with van der Waals surface area (Å²) in [6.45, 7) is 8.48. The number of hydrogen-bond acceptors (Lipinski definition) is 6. The van der Waals surface area contributed by atoms with Crippen LogP contribution in [0, 0.1) is 44.0 Å². The SMILES string of the molecule is CCCCC.Cc1cccc2[nH]c(C(=O)N[C@@H](C)C(=O)N[C@@H](C[C@@H]3CCNC3=O)C(=O)c3nc4ccccc4s3)cc12.[HH].[HH].[HH].[HH].[U]. The first-order chi connectivity index (χ1) is 20.2. The molecule has 2 aromatic carbocycles. The first-order valence-electron chi connectivity index (χ1n) is 14.6. The van der Waals surface area contributed by atoms with Gasteiger partial charge in [0.05, 0.1) is 16.3 Å². The van der Waals surface area contributed by atoms with Crippen LogP contribution in [0.2, 0.25) is 0 Å². The molecule has 1 saturated heterocycles. The summed E-state index contributed by atoms with van der Waals surface area (Å²) in [7, 11) is 0. The summed E-state index contributed by atoms with van der Waals surface area (Å²) >= 11 is 1.25. The Labute approximate surface area is 285 Å². The third-order valence-corrected chi connectivity index (χ3v) is 8.45. The van der Waals surface area contributed by atoms with Crippen LogP contribution in [0.3, 0.4) is 0 Å². The maximum atomic E-state index is 13.5. The second-order valence-corrected chi connectivity index (χ2v) is 11.7. The van der Waals surface area contributed by atoms with Crippen molar-refractivity contribution in [3.8, 4) is 0 Å². The van der Waals surface area contributed by atoms with Crippen LogP contribution >= 0.6 is 11.3 Å². The second kappa shape index (κ2) is 16.2. The maximum Gasteiger partial charge on any atom is 0.268 e. The van der Waals surface area contributed by atoms with Crippen LogP contribution in [0.25, 0.3) is 21.1 Å². The van der Waals surface area contributed by atoms with Crippen LogP contribution in [-0.2, 0) is 9.59 Å². The molecule has 43 heavy (non-hydrogen) atoms. The number of H-pyrrole nitrogens is 1. The predicted octanol–water partition coefficient (Wildman–Crippen LogP) is 6.28. The van der Waals surface area contributed by atoms with E-state index in [1.165, 1.54) is 30.6 Å². The molecule has 4 aromatic rings. The van der Waals surface area contributed by atoms with Crippen molar-refractivity contribution in [3.05, 3.63) is 64.8 Å². The number of ketones is 1. The molecule has 234 valence electrons. The molecule has 0 spiro atoms. The molecule has 1 aliphatic heterocycles. The van der Waals surface area contributed by atoms with Gasteiger partial charge in [0.25, 0.3) is 5.91 Å². The first-order valence-corrected chi connectivity index (χ1v) is 15.4. The zero-order valence-corrected chi connectivity index (χ0v) is 30.1. The molecule has 11 heteroatoms. The van der Waals surface area contributed by atoms with Crippen LogP contribution in [0.1, 0.15) is 84.4 Å². The Bertz CT molecular complexity index is 1570. The summed E-state index contributed by atoms with van der Waals surface area (Å²) in [6.07, 6.45) is 4.83. The molecule has 0 unspecified atom stereocenters. The topological polar surface area (TPSA) is 133 Å². The molecule has 0 aliphatic carbocycles. The molecular formula is C32H47N5O4SU. The number of carbonyl (C=O) groups excluding carboxylic acids is 4. The summed E-state index contributed by atoms with van der Waals surface area (Å²) in [6, 6.07) is 13.1. The number of unbranched alkanes of at least 4 members (excludes halogenated alkanes) is 2. The van der Waals surface area contributed by atoms with Crippen molar-refractivity contribution in [1.29, 1.82) is 0 Å². The van der Waals surface area contributed by atoms with E-state index in [2.05, 4.69) is 39.8 Å². The van der Waals surface area contributed by atoms with Gasteiger partial charge in [-0.2, -0.15) is 0 Å². The van der Waals surface area contributed by atoms with Gasteiger partial charge in [-0.05, 0) is 56.5 Å². The van der Waals surface area contributed by atoms with Crippen LogP contribution in [0.5, 0.6) is 0 Å². The van der Waals surface area contributed by atoms with Gasteiger partial charge in [-0.3, -0.25) is 19.2 Å². The monoisotopic (exact) mass is 835 g/mol. The van der Waals surface area contributed by atoms with Gasteiger partial charge >= 0.3 is 0 Å². The van der Waals surface area contributed by atoms with E-state index in [0.717, 1.165) is 21.2 Å². The Morgan fingerprint density at radius 2 is 1.84 bits per heavy atom. The normalized spacial score (nSPS) is 15.5. The van der Waals surface area contributed by atoms with E-state index >= 15 is 0 Å². The maximum absolute atomic E-state index is 13.5. The summed E-state index contributed by atoms with van der Waals surface area (Å²) in [5.41, 5.74) is 2.91. The molecule has 2 aromatic heterocycles. The fourth-order valence-corrected chi connectivity index (χ4v) is 5.89. The van der Waals surface area contributed by atoms with Crippen LogP contribution < -0.4 is 16.0 Å². The second-order valence-electron chi connectivity index (χ2n) is 10.7. The number of para-hydroxylation sites is 1. The van der Waals surface area contributed by atoms with E-state index < -0.39 is 23.9 Å². The Hall–Kier alpha value is -3.00. The molecule has 4 N–H and O–H groups in total. The van der Waals surface area contributed by atoms with E-state index in [4.69, 9.17) is 0 Å². The summed E-state index contributed by atoms with van der Waals surface area (Å²) in [4.78, 5) is 59.1. The van der Waals surface area contributed by atoms with Gasteiger partial charge in [0.2, 0.25) is 17.6 Å². The first kappa shape index (κ1) is 34.5. The predicted molar refractivity (Wildman–Crippen MR) is 175 cm³/mol. The van der Waals surface area contributed by atoms with Gasteiger partial charge in [-0.25, -0.2) is 4.98 Å². The van der Waals surface area contributed by atoms with Crippen LogP contribution in [0.15, 0.2) is 48.5 Å². The van der Waals surface area contributed by atoms with Gasteiger partial charge in [0.15, 0.2) is 5.01 Å².